The summed E-state index contributed by atoms with van der Waals surface area (Å²) in [6, 6.07) is 16.1. The summed E-state index contributed by atoms with van der Waals surface area (Å²) in [7, 11) is 1.66. The van der Waals surface area contributed by atoms with E-state index in [1.807, 2.05) is 36.4 Å². The summed E-state index contributed by atoms with van der Waals surface area (Å²) in [6.07, 6.45) is 0. The summed E-state index contributed by atoms with van der Waals surface area (Å²) in [5.74, 6) is 0.842. The Bertz CT molecular complexity index is 761. The number of hydrogen-bond acceptors (Lipinski definition) is 2. The smallest absolute Gasteiger partial charge is 0.130 e. The lowest BCUT2D eigenvalue weighted by Gasteiger charge is -2.09. The van der Waals surface area contributed by atoms with Crippen LogP contribution in [0.3, 0.4) is 0 Å². The van der Waals surface area contributed by atoms with E-state index in [1.165, 1.54) is 5.56 Å². The lowest BCUT2D eigenvalue weighted by Crippen LogP contribution is -1.88. The molecule has 0 unspecified atom stereocenters. The first kappa shape index (κ1) is 12.9. The van der Waals surface area contributed by atoms with Crippen molar-refractivity contribution in [2.75, 3.05) is 7.11 Å². The van der Waals surface area contributed by atoms with Gasteiger partial charge in [-0.3, -0.25) is 0 Å². The van der Waals surface area contributed by atoms with Crippen LogP contribution in [-0.2, 0) is 0 Å². The minimum atomic E-state index is 0.508. The highest BCUT2D eigenvalue weighted by molar-refractivity contribution is 6.30. The van der Waals surface area contributed by atoms with E-state index in [1.54, 1.807) is 7.11 Å². The van der Waals surface area contributed by atoms with Crippen molar-refractivity contribution in [3.05, 3.63) is 59.2 Å². The van der Waals surface area contributed by atoms with Crippen LogP contribution >= 0.6 is 11.6 Å². The number of aromatic nitrogens is 1. The van der Waals surface area contributed by atoms with Gasteiger partial charge in [0.25, 0.3) is 0 Å². The third-order valence-electron chi connectivity index (χ3n) is 3.34. The summed E-state index contributed by atoms with van der Waals surface area (Å²) >= 11 is 6.15. The third kappa shape index (κ3) is 2.35. The maximum absolute atomic E-state index is 6.15. The topological polar surface area (TPSA) is 22.1 Å². The molecule has 0 N–H and O–H groups in total. The number of pyridine rings is 1. The molecule has 2 aromatic carbocycles. The molecule has 3 aromatic rings. The SMILES string of the molecule is COc1ccc(-c2cc(Cl)nc3cc(C)ccc23)cc1. The molecule has 0 aliphatic heterocycles. The highest BCUT2D eigenvalue weighted by Crippen LogP contribution is 2.31. The average molecular weight is 284 g/mol. The molecular weight excluding hydrogens is 270 g/mol. The van der Waals surface area contributed by atoms with Crippen molar-refractivity contribution in [1.82, 2.24) is 4.98 Å². The van der Waals surface area contributed by atoms with Gasteiger partial charge < -0.3 is 4.74 Å². The van der Waals surface area contributed by atoms with Crippen molar-refractivity contribution >= 4 is 22.5 Å². The Hall–Kier alpha value is -2.06. The first-order valence-corrected chi connectivity index (χ1v) is 6.76. The molecule has 1 heterocycles. The van der Waals surface area contributed by atoms with Gasteiger partial charge in [-0.1, -0.05) is 35.9 Å². The van der Waals surface area contributed by atoms with E-state index >= 15 is 0 Å². The Morgan fingerprint density at radius 2 is 1.75 bits per heavy atom. The zero-order valence-corrected chi connectivity index (χ0v) is 12.1. The van der Waals surface area contributed by atoms with Crippen LogP contribution in [0, 0.1) is 6.92 Å². The molecule has 0 saturated heterocycles. The minimum Gasteiger partial charge on any atom is -0.497 e. The van der Waals surface area contributed by atoms with Gasteiger partial charge in [-0.25, -0.2) is 4.98 Å². The molecule has 0 aliphatic rings. The van der Waals surface area contributed by atoms with Crippen LogP contribution in [0.5, 0.6) is 5.75 Å². The zero-order valence-electron chi connectivity index (χ0n) is 11.4. The number of aryl methyl sites for hydroxylation is 1. The molecular formula is C17H14ClNO. The lowest BCUT2D eigenvalue weighted by atomic mass is 10.0. The van der Waals surface area contributed by atoms with E-state index < -0.39 is 0 Å². The fourth-order valence-electron chi connectivity index (χ4n) is 2.32. The molecule has 100 valence electrons. The van der Waals surface area contributed by atoms with Gasteiger partial charge in [0.2, 0.25) is 0 Å². The van der Waals surface area contributed by atoms with E-state index in [4.69, 9.17) is 16.3 Å². The molecule has 0 aliphatic carbocycles. The Kier molecular flexibility index (Phi) is 3.33. The molecule has 3 rings (SSSR count). The summed E-state index contributed by atoms with van der Waals surface area (Å²) in [4.78, 5) is 4.40. The van der Waals surface area contributed by atoms with Crippen LogP contribution in [-0.4, -0.2) is 12.1 Å². The average Bonchev–Trinajstić information content (AvgIpc) is 2.46. The van der Waals surface area contributed by atoms with Gasteiger partial charge in [-0.05, 0) is 47.9 Å². The van der Waals surface area contributed by atoms with E-state index in [-0.39, 0.29) is 0 Å². The van der Waals surface area contributed by atoms with E-state index in [0.29, 0.717) is 5.15 Å². The summed E-state index contributed by atoms with van der Waals surface area (Å²) in [6.45, 7) is 2.05. The number of ether oxygens (including phenoxy) is 1. The fourth-order valence-corrected chi connectivity index (χ4v) is 2.52. The Morgan fingerprint density at radius 1 is 1.00 bits per heavy atom. The van der Waals surface area contributed by atoms with Crippen LogP contribution < -0.4 is 4.74 Å². The van der Waals surface area contributed by atoms with E-state index in [0.717, 1.165) is 27.8 Å². The summed E-state index contributed by atoms with van der Waals surface area (Å²) in [5.41, 5.74) is 4.28. The molecule has 1 aromatic heterocycles. The predicted octanol–water partition coefficient (Wildman–Crippen LogP) is 4.87. The Labute approximate surface area is 123 Å². The second-order valence-corrected chi connectivity index (χ2v) is 5.13. The van der Waals surface area contributed by atoms with E-state index in [9.17, 15) is 0 Å². The first-order chi connectivity index (χ1) is 9.67. The molecule has 0 spiro atoms. The number of hydrogen-bond donors (Lipinski definition) is 0. The summed E-state index contributed by atoms with van der Waals surface area (Å²) < 4.78 is 5.19. The number of rotatable bonds is 2. The third-order valence-corrected chi connectivity index (χ3v) is 3.53. The fraction of sp³-hybridized carbons (Fsp3) is 0.118. The van der Waals surface area contributed by atoms with Crippen molar-refractivity contribution in [3.63, 3.8) is 0 Å². The highest BCUT2D eigenvalue weighted by Gasteiger charge is 2.07. The Balaban J connectivity index is 2.23. The molecule has 0 bridgehead atoms. The van der Waals surface area contributed by atoms with Crippen LogP contribution in [0.4, 0.5) is 0 Å². The molecule has 2 nitrogen and oxygen atoms in total. The Morgan fingerprint density at radius 3 is 2.45 bits per heavy atom. The molecule has 3 heteroatoms. The zero-order chi connectivity index (χ0) is 14.1. The molecule has 0 fully saturated rings. The van der Waals surface area contributed by atoms with Gasteiger partial charge in [0.15, 0.2) is 0 Å². The molecule has 0 atom stereocenters. The van der Waals surface area contributed by atoms with Crippen LogP contribution in [0.1, 0.15) is 5.56 Å². The minimum absolute atomic E-state index is 0.508. The number of fused-ring (bicyclic) bond motifs is 1. The standard InChI is InChI=1S/C17H14ClNO/c1-11-3-8-14-15(10-17(18)19-16(14)9-11)12-4-6-13(20-2)7-5-12/h3-10H,1-2H3. The number of benzene rings is 2. The van der Waals surface area contributed by atoms with Crippen LogP contribution in [0.25, 0.3) is 22.0 Å². The lowest BCUT2D eigenvalue weighted by molar-refractivity contribution is 0.415. The number of nitrogens with zero attached hydrogens (tertiary/aromatic N) is 1. The van der Waals surface area contributed by atoms with Gasteiger partial charge in [0, 0.05) is 5.39 Å². The summed E-state index contributed by atoms with van der Waals surface area (Å²) in [5, 5.41) is 1.61. The van der Waals surface area contributed by atoms with E-state index in [2.05, 4.69) is 24.0 Å². The second-order valence-electron chi connectivity index (χ2n) is 4.74. The second kappa shape index (κ2) is 5.14. The molecule has 20 heavy (non-hydrogen) atoms. The van der Waals surface area contributed by atoms with Crippen molar-refractivity contribution < 1.29 is 4.74 Å². The van der Waals surface area contributed by atoms with Crippen LogP contribution in [0.2, 0.25) is 5.15 Å². The van der Waals surface area contributed by atoms with Crippen molar-refractivity contribution in [3.8, 4) is 16.9 Å². The molecule has 0 saturated carbocycles. The number of halogens is 1. The monoisotopic (exact) mass is 283 g/mol. The maximum Gasteiger partial charge on any atom is 0.130 e. The quantitative estimate of drug-likeness (QED) is 0.626. The van der Waals surface area contributed by atoms with Gasteiger partial charge in [-0.15, -0.1) is 0 Å². The van der Waals surface area contributed by atoms with Crippen molar-refractivity contribution in [2.24, 2.45) is 0 Å². The largest absolute Gasteiger partial charge is 0.497 e. The van der Waals surface area contributed by atoms with Crippen molar-refractivity contribution in [2.45, 2.75) is 6.92 Å². The molecule has 0 amide bonds. The molecule has 0 radical (unpaired) electrons. The predicted molar refractivity (Wildman–Crippen MR) is 83.5 cm³/mol. The highest BCUT2D eigenvalue weighted by atomic mass is 35.5. The van der Waals surface area contributed by atoms with Gasteiger partial charge in [0.1, 0.15) is 10.9 Å². The normalized spacial score (nSPS) is 10.8. The van der Waals surface area contributed by atoms with Crippen molar-refractivity contribution in [1.29, 1.82) is 0 Å². The van der Waals surface area contributed by atoms with Crippen LogP contribution in [0.15, 0.2) is 48.5 Å². The maximum atomic E-state index is 6.15. The van der Waals surface area contributed by atoms with Gasteiger partial charge in [0.05, 0.1) is 12.6 Å². The van der Waals surface area contributed by atoms with Gasteiger partial charge in [-0.2, -0.15) is 0 Å². The number of methoxy groups -OCH3 is 1. The van der Waals surface area contributed by atoms with Gasteiger partial charge >= 0.3 is 0 Å². The first-order valence-electron chi connectivity index (χ1n) is 6.39.